The third-order valence-corrected chi connectivity index (χ3v) is 5.99. The fourth-order valence-electron chi connectivity index (χ4n) is 3.22. The Labute approximate surface area is 173 Å². The van der Waals surface area contributed by atoms with E-state index < -0.39 is 16.1 Å². The topological polar surface area (TPSA) is 75.7 Å². The van der Waals surface area contributed by atoms with Gasteiger partial charge in [0.2, 0.25) is 15.9 Å². The van der Waals surface area contributed by atoms with Gasteiger partial charge in [-0.15, -0.1) is 0 Å². The van der Waals surface area contributed by atoms with Crippen LogP contribution in [-0.2, 0) is 21.2 Å². The molecule has 0 spiro atoms. The molecule has 0 saturated heterocycles. The highest BCUT2D eigenvalue weighted by Crippen LogP contribution is 2.32. The second kappa shape index (κ2) is 9.78. The molecule has 158 valence electrons. The lowest BCUT2D eigenvalue weighted by atomic mass is 10.1. The zero-order valence-electron chi connectivity index (χ0n) is 17.7. The zero-order valence-corrected chi connectivity index (χ0v) is 18.5. The van der Waals surface area contributed by atoms with Gasteiger partial charge < -0.3 is 10.1 Å². The normalized spacial score (nSPS) is 13.4. The maximum atomic E-state index is 12.9. The van der Waals surface area contributed by atoms with Gasteiger partial charge in [0.1, 0.15) is 11.8 Å². The van der Waals surface area contributed by atoms with Gasteiger partial charge in [0.15, 0.2) is 0 Å². The third-order valence-electron chi connectivity index (χ3n) is 4.76. The molecule has 0 radical (unpaired) electrons. The van der Waals surface area contributed by atoms with Crippen molar-refractivity contribution < 1.29 is 17.9 Å². The number of carbonyl (C=O) groups is 1. The largest absolute Gasteiger partial charge is 0.495 e. The SMILES string of the molecule is COc1ccc(C)cc1N(C(C)C(=O)NC(C)CCc1ccccc1)S(C)(=O)=O. The van der Waals surface area contributed by atoms with E-state index >= 15 is 0 Å². The van der Waals surface area contributed by atoms with E-state index in [1.165, 1.54) is 12.7 Å². The minimum absolute atomic E-state index is 0.0917. The minimum atomic E-state index is -3.71. The number of aryl methyl sites for hydroxylation is 2. The van der Waals surface area contributed by atoms with Gasteiger partial charge >= 0.3 is 0 Å². The molecule has 2 aromatic carbocycles. The van der Waals surface area contributed by atoms with Crippen LogP contribution in [0.2, 0.25) is 0 Å². The van der Waals surface area contributed by atoms with Gasteiger partial charge in [0, 0.05) is 6.04 Å². The highest BCUT2D eigenvalue weighted by Gasteiger charge is 2.31. The zero-order chi connectivity index (χ0) is 21.6. The molecule has 0 aliphatic carbocycles. The Morgan fingerprint density at radius 3 is 2.38 bits per heavy atom. The van der Waals surface area contributed by atoms with Crippen molar-refractivity contribution in [3.63, 3.8) is 0 Å². The van der Waals surface area contributed by atoms with Gasteiger partial charge in [-0.05, 0) is 56.9 Å². The standard InChI is InChI=1S/C22H30N2O4S/c1-16-11-14-21(28-4)20(15-16)24(29(5,26)27)18(3)22(25)23-17(2)12-13-19-9-7-6-8-10-19/h6-11,14-15,17-18H,12-13H2,1-5H3,(H,23,25). The van der Waals surface area contributed by atoms with Crippen molar-refractivity contribution in [1.82, 2.24) is 5.32 Å². The van der Waals surface area contributed by atoms with E-state index in [-0.39, 0.29) is 11.9 Å². The molecule has 1 N–H and O–H groups in total. The molecule has 6 nitrogen and oxygen atoms in total. The molecule has 2 unspecified atom stereocenters. The van der Waals surface area contributed by atoms with Crippen LogP contribution in [0.4, 0.5) is 5.69 Å². The van der Waals surface area contributed by atoms with Gasteiger partial charge in [-0.3, -0.25) is 9.10 Å². The van der Waals surface area contributed by atoms with Crippen LogP contribution in [0.3, 0.4) is 0 Å². The molecular weight excluding hydrogens is 388 g/mol. The van der Waals surface area contributed by atoms with E-state index in [9.17, 15) is 13.2 Å². The van der Waals surface area contributed by atoms with Crippen molar-refractivity contribution in [2.45, 2.75) is 45.7 Å². The average Bonchev–Trinajstić information content (AvgIpc) is 2.66. The van der Waals surface area contributed by atoms with Gasteiger partial charge in [0.05, 0.1) is 19.1 Å². The molecule has 0 aliphatic heterocycles. The van der Waals surface area contributed by atoms with Crippen molar-refractivity contribution in [1.29, 1.82) is 0 Å². The van der Waals surface area contributed by atoms with Crippen LogP contribution < -0.4 is 14.4 Å². The molecule has 2 rings (SSSR count). The molecule has 0 aromatic heterocycles. The maximum absolute atomic E-state index is 12.9. The molecule has 2 aromatic rings. The number of anilines is 1. The van der Waals surface area contributed by atoms with Gasteiger partial charge in [-0.25, -0.2) is 8.42 Å². The fourth-order valence-corrected chi connectivity index (χ4v) is 4.39. The Hall–Kier alpha value is -2.54. The monoisotopic (exact) mass is 418 g/mol. The van der Waals surface area contributed by atoms with E-state index in [4.69, 9.17) is 4.74 Å². The number of rotatable bonds is 9. The van der Waals surface area contributed by atoms with E-state index in [1.807, 2.05) is 50.2 Å². The van der Waals surface area contributed by atoms with E-state index in [1.54, 1.807) is 19.1 Å². The Kier molecular flexibility index (Phi) is 7.67. The first-order chi connectivity index (χ1) is 13.6. The van der Waals surface area contributed by atoms with E-state index in [2.05, 4.69) is 5.32 Å². The quantitative estimate of drug-likeness (QED) is 0.678. The molecular formula is C22H30N2O4S. The average molecular weight is 419 g/mol. The Bertz CT molecular complexity index is 929. The van der Waals surface area contributed by atoms with E-state index in [0.717, 1.165) is 29.0 Å². The first-order valence-electron chi connectivity index (χ1n) is 9.62. The number of nitrogens with one attached hydrogen (secondary N) is 1. The lowest BCUT2D eigenvalue weighted by molar-refractivity contribution is -0.122. The van der Waals surface area contributed by atoms with Crippen LogP contribution >= 0.6 is 0 Å². The Balaban J connectivity index is 2.16. The van der Waals surface area contributed by atoms with Crippen molar-refractivity contribution in [2.24, 2.45) is 0 Å². The number of hydrogen-bond acceptors (Lipinski definition) is 4. The number of hydrogen-bond donors (Lipinski definition) is 1. The summed E-state index contributed by atoms with van der Waals surface area (Å²) in [6, 6.07) is 14.3. The molecule has 29 heavy (non-hydrogen) atoms. The third kappa shape index (κ3) is 6.22. The second-order valence-corrected chi connectivity index (χ2v) is 9.20. The summed E-state index contributed by atoms with van der Waals surface area (Å²) in [6.07, 6.45) is 2.69. The second-order valence-electron chi connectivity index (χ2n) is 7.34. The minimum Gasteiger partial charge on any atom is -0.495 e. The highest BCUT2D eigenvalue weighted by molar-refractivity contribution is 7.92. The van der Waals surface area contributed by atoms with Crippen molar-refractivity contribution >= 4 is 21.6 Å². The number of benzene rings is 2. The molecule has 2 atom stereocenters. The number of carbonyl (C=O) groups excluding carboxylic acids is 1. The molecule has 0 saturated carbocycles. The number of methoxy groups -OCH3 is 1. The first kappa shape index (κ1) is 22.7. The van der Waals surface area contributed by atoms with Gasteiger partial charge in [-0.1, -0.05) is 36.4 Å². The van der Waals surface area contributed by atoms with Crippen LogP contribution in [0.1, 0.15) is 31.4 Å². The van der Waals surface area contributed by atoms with Crippen LogP contribution in [0.15, 0.2) is 48.5 Å². The highest BCUT2D eigenvalue weighted by atomic mass is 32.2. The lowest BCUT2D eigenvalue weighted by Crippen LogP contribution is -2.50. The summed E-state index contributed by atoms with van der Waals surface area (Å²) in [5.41, 5.74) is 2.43. The summed E-state index contributed by atoms with van der Waals surface area (Å²) >= 11 is 0. The number of amides is 1. The molecule has 0 fully saturated rings. The number of sulfonamides is 1. The molecule has 0 aliphatic rings. The molecule has 0 heterocycles. The fraction of sp³-hybridized carbons (Fsp3) is 0.409. The summed E-state index contributed by atoms with van der Waals surface area (Å²) in [5, 5.41) is 2.94. The summed E-state index contributed by atoms with van der Waals surface area (Å²) in [7, 11) is -2.23. The molecule has 0 bridgehead atoms. The van der Waals surface area contributed by atoms with Crippen molar-refractivity contribution in [2.75, 3.05) is 17.7 Å². The number of ether oxygens (including phenoxy) is 1. The smallest absolute Gasteiger partial charge is 0.243 e. The predicted octanol–water partition coefficient (Wildman–Crippen LogP) is 3.30. The predicted molar refractivity (Wildman–Crippen MR) is 117 cm³/mol. The Morgan fingerprint density at radius 1 is 1.14 bits per heavy atom. The van der Waals surface area contributed by atoms with Crippen LogP contribution in [0.5, 0.6) is 5.75 Å². The summed E-state index contributed by atoms with van der Waals surface area (Å²) < 4.78 is 31.5. The molecule has 7 heteroatoms. The summed E-state index contributed by atoms with van der Waals surface area (Å²) in [6.45, 7) is 5.37. The molecule has 1 amide bonds. The van der Waals surface area contributed by atoms with Crippen molar-refractivity contribution in [3.8, 4) is 5.75 Å². The van der Waals surface area contributed by atoms with Crippen LogP contribution in [-0.4, -0.2) is 39.8 Å². The van der Waals surface area contributed by atoms with Crippen LogP contribution in [0.25, 0.3) is 0 Å². The Morgan fingerprint density at radius 2 is 1.79 bits per heavy atom. The van der Waals surface area contributed by atoms with E-state index in [0.29, 0.717) is 11.4 Å². The summed E-state index contributed by atoms with van der Waals surface area (Å²) in [4.78, 5) is 12.9. The van der Waals surface area contributed by atoms with Crippen molar-refractivity contribution in [3.05, 3.63) is 59.7 Å². The lowest BCUT2D eigenvalue weighted by Gasteiger charge is -2.30. The first-order valence-corrected chi connectivity index (χ1v) is 11.5. The van der Waals surface area contributed by atoms with Crippen LogP contribution in [0, 0.1) is 6.92 Å². The van der Waals surface area contributed by atoms with Gasteiger partial charge in [0.25, 0.3) is 0 Å². The number of nitrogens with zero attached hydrogens (tertiary/aromatic N) is 1. The van der Waals surface area contributed by atoms with Gasteiger partial charge in [-0.2, -0.15) is 0 Å². The maximum Gasteiger partial charge on any atom is 0.243 e. The summed E-state index contributed by atoms with van der Waals surface area (Å²) in [5.74, 6) is 0.0531.